The van der Waals surface area contributed by atoms with Crippen LogP contribution in [0.1, 0.15) is 38.2 Å². The first-order valence-electron chi connectivity index (χ1n) is 7.13. The van der Waals surface area contributed by atoms with Crippen LogP contribution in [0.4, 0.5) is 0 Å². The quantitative estimate of drug-likeness (QED) is 0.768. The van der Waals surface area contributed by atoms with Crippen LogP contribution >= 0.6 is 0 Å². The summed E-state index contributed by atoms with van der Waals surface area (Å²) in [6, 6.07) is 5.69. The van der Waals surface area contributed by atoms with Gasteiger partial charge in [0.2, 0.25) is 0 Å². The molecule has 0 saturated heterocycles. The van der Waals surface area contributed by atoms with Crippen molar-refractivity contribution in [1.82, 2.24) is 0 Å². The standard InChI is InChI=1S/C16H27NO3/c1-11(2)5-7-14(18)13(10-17)12-6-8-15(19-3)16(9-12)20-4/h6,8-9,11,13-14,18H,5,7,10,17H2,1-4H3. The van der Waals surface area contributed by atoms with Gasteiger partial charge in [-0.05, 0) is 36.5 Å². The summed E-state index contributed by atoms with van der Waals surface area (Å²) in [5.74, 6) is 1.85. The average molecular weight is 281 g/mol. The van der Waals surface area contributed by atoms with E-state index in [0.29, 0.717) is 24.0 Å². The highest BCUT2D eigenvalue weighted by molar-refractivity contribution is 5.44. The largest absolute Gasteiger partial charge is 0.493 e. The molecule has 0 aliphatic heterocycles. The second kappa shape index (κ2) is 8.12. The number of nitrogens with two attached hydrogens (primary N) is 1. The van der Waals surface area contributed by atoms with Crippen molar-refractivity contribution in [2.45, 2.75) is 38.7 Å². The van der Waals surface area contributed by atoms with Crippen LogP contribution in [0.25, 0.3) is 0 Å². The number of rotatable bonds is 8. The molecule has 2 unspecified atom stereocenters. The summed E-state index contributed by atoms with van der Waals surface area (Å²) in [5, 5.41) is 10.3. The van der Waals surface area contributed by atoms with Gasteiger partial charge in [-0.15, -0.1) is 0 Å². The van der Waals surface area contributed by atoms with E-state index >= 15 is 0 Å². The Morgan fingerprint density at radius 2 is 1.75 bits per heavy atom. The van der Waals surface area contributed by atoms with Crippen molar-refractivity contribution < 1.29 is 14.6 Å². The van der Waals surface area contributed by atoms with Gasteiger partial charge < -0.3 is 20.3 Å². The van der Waals surface area contributed by atoms with Crippen molar-refractivity contribution in [3.63, 3.8) is 0 Å². The number of methoxy groups -OCH3 is 2. The summed E-state index contributed by atoms with van der Waals surface area (Å²) in [6.45, 7) is 4.72. The zero-order valence-electron chi connectivity index (χ0n) is 12.9. The van der Waals surface area contributed by atoms with Crippen molar-refractivity contribution in [2.75, 3.05) is 20.8 Å². The average Bonchev–Trinajstić information content (AvgIpc) is 2.45. The van der Waals surface area contributed by atoms with E-state index in [1.165, 1.54) is 0 Å². The van der Waals surface area contributed by atoms with E-state index in [-0.39, 0.29) is 5.92 Å². The fraction of sp³-hybridized carbons (Fsp3) is 0.625. The molecule has 0 radical (unpaired) electrons. The van der Waals surface area contributed by atoms with Crippen molar-refractivity contribution in [3.05, 3.63) is 23.8 Å². The smallest absolute Gasteiger partial charge is 0.160 e. The topological polar surface area (TPSA) is 64.7 Å². The first kappa shape index (κ1) is 16.8. The lowest BCUT2D eigenvalue weighted by molar-refractivity contribution is 0.128. The highest BCUT2D eigenvalue weighted by Crippen LogP contribution is 2.32. The molecule has 0 heterocycles. The van der Waals surface area contributed by atoms with Crippen molar-refractivity contribution >= 4 is 0 Å². The third kappa shape index (κ3) is 4.39. The zero-order chi connectivity index (χ0) is 15.1. The highest BCUT2D eigenvalue weighted by atomic mass is 16.5. The zero-order valence-corrected chi connectivity index (χ0v) is 12.9. The van der Waals surface area contributed by atoms with Crippen LogP contribution in [-0.2, 0) is 0 Å². The van der Waals surface area contributed by atoms with Gasteiger partial charge in [0.25, 0.3) is 0 Å². The molecule has 20 heavy (non-hydrogen) atoms. The van der Waals surface area contributed by atoms with Crippen LogP contribution in [0.5, 0.6) is 11.5 Å². The SMILES string of the molecule is COc1ccc(C(CN)C(O)CCC(C)C)cc1OC. The van der Waals surface area contributed by atoms with Crippen LogP contribution < -0.4 is 15.2 Å². The van der Waals surface area contributed by atoms with Crippen molar-refractivity contribution in [1.29, 1.82) is 0 Å². The summed E-state index contributed by atoms with van der Waals surface area (Å²) < 4.78 is 10.5. The van der Waals surface area contributed by atoms with Gasteiger partial charge >= 0.3 is 0 Å². The summed E-state index contributed by atoms with van der Waals surface area (Å²) in [5.41, 5.74) is 6.83. The van der Waals surface area contributed by atoms with Crippen molar-refractivity contribution in [3.8, 4) is 11.5 Å². The van der Waals surface area contributed by atoms with Crippen LogP contribution in [0.2, 0.25) is 0 Å². The van der Waals surface area contributed by atoms with E-state index in [1.54, 1.807) is 14.2 Å². The second-order valence-corrected chi connectivity index (χ2v) is 5.50. The number of ether oxygens (including phenoxy) is 2. The normalized spacial score (nSPS) is 14.2. The van der Waals surface area contributed by atoms with Gasteiger partial charge in [-0.2, -0.15) is 0 Å². The van der Waals surface area contributed by atoms with Gasteiger partial charge in [-0.25, -0.2) is 0 Å². The van der Waals surface area contributed by atoms with Gasteiger partial charge in [0.1, 0.15) is 0 Å². The molecule has 0 bridgehead atoms. The van der Waals surface area contributed by atoms with Gasteiger partial charge in [0, 0.05) is 12.5 Å². The maximum Gasteiger partial charge on any atom is 0.160 e. The Balaban J connectivity index is 2.88. The van der Waals surface area contributed by atoms with Gasteiger partial charge in [-0.1, -0.05) is 19.9 Å². The summed E-state index contributed by atoms with van der Waals surface area (Å²) in [4.78, 5) is 0. The molecular formula is C16H27NO3. The second-order valence-electron chi connectivity index (χ2n) is 5.50. The number of aliphatic hydroxyl groups excluding tert-OH is 1. The molecule has 0 aliphatic rings. The fourth-order valence-corrected chi connectivity index (χ4v) is 2.30. The molecule has 4 nitrogen and oxygen atoms in total. The Morgan fingerprint density at radius 1 is 1.10 bits per heavy atom. The van der Waals surface area contributed by atoms with Gasteiger partial charge in [-0.3, -0.25) is 0 Å². The Labute approximate surface area is 121 Å². The third-order valence-electron chi connectivity index (χ3n) is 3.59. The molecular weight excluding hydrogens is 254 g/mol. The molecule has 2 atom stereocenters. The van der Waals surface area contributed by atoms with Crippen LogP contribution in [-0.4, -0.2) is 32.0 Å². The van der Waals surface area contributed by atoms with Crippen LogP contribution in [0.15, 0.2) is 18.2 Å². The van der Waals surface area contributed by atoms with E-state index in [4.69, 9.17) is 15.2 Å². The highest BCUT2D eigenvalue weighted by Gasteiger charge is 2.21. The predicted octanol–water partition coefficient (Wildman–Crippen LogP) is 2.54. The molecule has 0 amide bonds. The van der Waals surface area contributed by atoms with Crippen LogP contribution in [0, 0.1) is 5.92 Å². The Kier molecular flexibility index (Phi) is 6.82. The molecule has 0 fully saturated rings. The van der Waals surface area contributed by atoms with Crippen LogP contribution in [0.3, 0.4) is 0 Å². The fourth-order valence-electron chi connectivity index (χ4n) is 2.30. The number of hydrogen-bond acceptors (Lipinski definition) is 4. The molecule has 0 spiro atoms. The molecule has 114 valence electrons. The van der Waals surface area contributed by atoms with E-state index < -0.39 is 6.10 Å². The minimum absolute atomic E-state index is 0.0754. The number of hydrogen-bond donors (Lipinski definition) is 2. The van der Waals surface area contributed by atoms with Gasteiger partial charge in [0.15, 0.2) is 11.5 Å². The van der Waals surface area contributed by atoms with Gasteiger partial charge in [0.05, 0.1) is 20.3 Å². The molecule has 1 aromatic carbocycles. The monoisotopic (exact) mass is 281 g/mol. The maximum atomic E-state index is 10.3. The third-order valence-corrected chi connectivity index (χ3v) is 3.59. The molecule has 0 aliphatic carbocycles. The Hall–Kier alpha value is -1.26. The van der Waals surface area contributed by atoms with E-state index in [0.717, 1.165) is 18.4 Å². The Bertz CT molecular complexity index is 407. The molecule has 1 aromatic rings. The summed E-state index contributed by atoms with van der Waals surface area (Å²) in [7, 11) is 3.21. The number of aliphatic hydroxyl groups is 1. The Morgan fingerprint density at radius 3 is 2.25 bits per heavy atom. The van der Waals surface area contributed by atoms with Crippen molar-refractivity contribution in [2.24, 2.45) is 11.7 Å². The lowest BCUT2D eigenvalue weighted by atomic mass is 9.89. The first-order chi connectivity index (χ1) is 9.53. The molecule has 4 heteroatoms. The summed E-state index contributed by atoms with van der Waals surface area (Å²) >= 11 is 0. The minimum atomic E-state index is -0.430. The predicted molar refractivity (Wildman–Crippen MR) is 81.4 cm³/mol. The molecule has 1 rings (SSSR count). The summed E-state index contributed by atoms with van der Waals surface area (Å²) in [6.07, 6.45) is 1.32. The number of benzene rings is 1. The van der Waals surface area contributed by atoms with E-state index in [1.807, 2.05) is 18.2 Å². The molecule has 0 aromatic heterocycles. The lowest BCUT2D eigenvalue weighted by Crippen LogP contribution is -2.26. The van der Waals surface area contributed by atoms with E-state index in [2.05, 4.69) is 13.8 Å². The van der Waals surface area contributed by atoms with E-state index in [9.17, 15) is 5.11 Å². The first-order valence-corrected chi connectivity index (χ1v) is 7.13. The molecule has 3 N–H and O–H groups in total. The maximum absolute atomic E-state index is 10.3. The molecule has 0 saturated carbocycles. The minimum Gasteiger partial charge on any atom is -0.493 e. The lowest BCUT2D eigenvalue weighted by Gasteiger charge is -2.23.